The van der Waals surface area contributed by atoms with Crippen molar-refractivity contribution in [2.24, 2.45) is 0 Å². The van der Waals surface area contributed by atoms with Crippen LogP contribution in [0, 0.1) is 5.82 Å². The minimum atomic E-state index is -4.64. The second-order valence-electron chi connectivity index (χ2n) is 8.11. The predicted molar refractivity (Wildman–Crippen MR) is 121 cm³/mol. The second-order valence-corrected chi connectivity index (χ2v) is 8.46. The van der Waals surface area contributed by atoms with Crippen molar-refractivity contribution in [3.8, 4) is 0 Å². The molecule has 4 aromatic rings. The first-order chi connectivity index (χ1) is 17.1. The molecule has 1 N–H and O–H groups in total. The van der Waals surface area contributed by atoms with E-state index in [2.05, 4.69) is 25.4 Å². The van der Waals surface area contributed by atoms with E-state index in [0.29, 0.717) is 25.5 Å². The maximum absolute atomic E-state index is 14.1. The van der Waals surface area contributed by atoms with Gasteiger partial charge in [-0.15, -0.1) is 10.2 Å². The molecule has 0 saturated carbocycles. The molecule has 0 atom stereocenters. The van der Waals surface area contributed by atoms with Gasteiger partial charge < -0.3 is 4.98 Å². The van der Waals surface area contributed by atoms with Crippen LogP contribution in [0.5, 0.6) is 0 Å². The summed E-state index contributed by atoms with van der Waals surface area (Å²) in [5, 5.41) is 11.8. The third-order valence-electron chi connectivity index (χ3n) is 5.53. The van der Waals surface area contributed by atoms with E-state index >= 15 is 0 Å². The number of unbranched alkanes of at least 4 members (excludes halogenated alkanes) is 1. The number of benzene rings is 1. The van der Waals surface area contributed by atoms with Crippen molar-refractivity contribution in [1.82, 2.24) is 39.3 Å². The number of H-pyrrole nitrogens is 1. The Morgan fingerprint density at radius 3 is 2.53 bits per heavy atom. The molecule has 3 heterocycles. The summed E-state index contributed by atoms with van der Waals surface area (Å²) in [5.41, 5.74) is -1.80. The molecule has 0 unspecified atom stereocenters. The summed E-state index contributed by atoms with van der Waals surface area (Å²) in [7, 11) is 0. The number of aromatic amines is 1. The van der Waals surface area contributed by atoms with Gasteiger partial charge in [-0.3, -0.25) is 13.9 Å². The van der Waals surface area contributed by atoms with Gasteiger partial charge in [-0.05, 0) is 47.4 Å². The van der Waals surface area contributed by atoms with Gasteiger partial charge in [0, 0.05) is 19.5 Å². The molecule has 1 aromatic carbocycles. The molecular formula is C21H21ClF4N8O2. The summed E-state index contributed by atoms with van der Waals surface area (Å²) < 4.78 is 54.7. The number of fused-ring (bicyclic) bond motifs is 1. The Morgan fingerprint density at radius 1 is 1.08 bits per heavy atom. The molecule has 0 amide bonds. The summed E-state index contributed by atoms with van der Waals surface area (Å²) >= 11 is 5.92. The molecule has 0 bridgehead atoms. The van der Waals surface area contributed by atoms with E-state index in [1.165, 1.54) is 9.36 Å². The molecule has 0 aliphatic rings. The topological polar surface area (TPSA) is 116 Å². The van der Waals surface area contributed by atoms with Crippen molar-refractivity contribution in [3.05, 3.63) is 67.1 Å². The van der Waals surface area contributed by atoms with Gasteiger partial charge in [-0.1, -0.05) is 19.4 Å². The molecule has 4 rings (SSSR count). The van der Waals surface area contributed by atoms with Gasteiger partial charge in [-0.25, -0.2) is 9.18 Å². The Hall–Kier alpha value is -3.55. The number of aryl methyl sites for hydroxylation is 2. The number of tetrazole rings is 1. The number of nitrogens with zero attached hydrogens (tertiary/aromatic N) is 7. The zero-order chi connectivity index (χ0) is 26.0. The average Bonchev–Trinajstić information content (AvgIpc) is 3.43. The molecule has 0 spiro atoms. The van der Waals surface area contributed by atoms with Crippen molar-refractivity contribution < 1.29 is 17.6 Å². The van der Waals surface area contributed by atoms with E-state index in [1.54, 1.807) is 0 Å². The number of halogens is 5. The summed E-state index contributed by atoms with van der Waals surface area (Å²) in [5.74, 6) is -0.907. The number of nitrogens with one attached hydrogen (secondary N) is 1. The number of alkyl halides is 3. The Bertz CT molecular complexity index is 1500. The Morgan fingerprint density at radius 2 is 1.83 bits per heavy atom. The van der Waals surface area contributed by atoms with Crippen molar-refractivity contribution in [2.75, 3.05) is 0 Å². The molecule has 10 nitrogen and oxygen atoms in total. The van der Waals surface area contributed by atoms with Crippen LogP contribution >= 0.6 is 11.6 Å². The van der Waals surface area contributed by atoms with Crippen LogP contribution in [-0.2, 0) is 32.2 Å². The number of aromatic nitrogens is 8. The second kappa shape index (κ2) is 10.2. The van der Waals surface area contributed by atoms with Crippen LogP contribution < -0.4 is 11.2 Å². The van der Waals surface area contributed by atoms with E-state index in [4.69, 9.17) is 11.6 Å². The van der Waals surface area contributed by atoms with Gasteiger partial charge in [0.25, 0.3) is 5.56 Å². The lowest BCUT2D eigenvalue weighted by Gasteiger charge is -2.10. The van der Waals surface area contributed by atoms with Crippen molar-refractivity contribution in [2.45, 2.75) is 58.4 Å². The highest BCUT2D eigenvalue weighted by atomic mass is 35.5. The number of hydrogen-bond acceptors (Lipinski definition) is 6. The molecule has 0 saturated heterocycles. The van der Waals surface area contributed by atoms with Crippen molar-refractivity contribution >= 4 is 22.8 Å². The maximum Gasteiger partial charge on any atom is 0.416 e. The van der Waals surface area contributed by atoms with Crippen LogP contribution in [-0.4, -0.2) is 39.3 Å². The first-order valence-electron chi connectivity index (χ1n) is 11.1. The molecule has 36 heavy (non-hydrogen) atoms. The highest BCUT2D eigenvalue weighted by Crippen LogP contribution is 2.30. The lowest BCUT2D eigenvalue weighted by molar-refractivity contribution is -0.137. The van der Waals surface area contributed by atoms with Crippen molar-refractivity contribution in [3.63, 3.8) is 0 Å². The SMILES string of the molecule is CCCCn1c(=O)n(CCCn2nnc(Cc3ccc(C(F)(F)F)cc3F)n2)c(=O)c2[nH]c(Cl)nc21. The summed E-state index contributed by atoms with van der Waals surface area (Å²) in [4.78, 5) is 33.7. The van der Waals surface area contributed by atoms with Gasteiger partial charge >= 0.3 is 11.9 Å². The summed E-state index contributed by atoms with van der Waals surface area (Å²) in [6.45, 7) is 2.59. The van der Waals surface area contributed by atoms with Gasteiger partial charge in [0.15, 0.2) is 17.0 Å². The quantitative estimate of drug-likeness (QED) is 0.263. The van der Waals surface area contributed by atoms with E-state index in [0.717, 1.165) is 23.1 Å². The highest BCUT2D eigenvalue weighted by molar-refractivity contribution is 6.28. The molecule has 192 valence electrons. The number of rotatable bonds is 9. The van der Waals surface area contributed by atoms with E-state index in [-0.39, 0.29) is 47.3 Å². The lowest BCUT2D eigenvalue weighted by atomic mass is 10.1. The van der Waals surface area contributed by atoms with Crippen LogP contribution in [0.25, 0.3) is 11.2 Å². The zero-order valence-corrected chi connectivity index (χ0v) is 19.8. The van der Waals surface area contributed by atoms with Gasteiger partial charge in [0.1, 0.15) is 5.82 Å². The standard InChI is InChI=1S/C21H21ClF4N8O2/c1-2-3-7-32-17-16(27-19(22)28-17)18(35)33(20(32)36)8-4-9-34-30-15(29-31-34)10-12-5-6-13(11-14(12)23)21(24,25)26/h5-6,11H,2-4,7-10H2,1H3,(H,27,28). The Balaban J connectivity index is 1.46. The van der Waals surface area contributed by atoms with E-state index in [9.17, 15) is 27.2 Å². The number of imidazole rings is 1. The minimum absolute atomic E-state index is 0.00625. The first-order valence-corrected chi connectivity index (χ1v) is 11.5. The van der Waals surface area contributed by atoms with E-state index in [1.807, 2.05) is 6.92 Å². The molecule has 0 radical (unpaired) electrons. The fraction of sp³-hybridized carbons (Fsp3) is 0.429. The molecule has 0 aliphatic carbocycles. The fourth-order valence-electron chi connectivity index (χ4n) is 3.70. The third kappa shape index (κ3) is 5.32. The minimum Gasteiger partial charge on any atom is -0.323 e. The van der Waals surface area contributed by atoms with Crippen LogP contribution in [0.15, 0.2) is 27.8 Å². The lowest BCUT2D eigenvalue weighted by Crippen LogP contribution is -2.40. The van der Waals surface area contributed by atoms with Crippen molar-refractivity contribution in [1.29, 1.82) is 0 Å². The molecule has 3 aromatic heterocycles. The van der Waals surface area contributed by atoms with Crippen LogP contribution in [0.4, 0.5) is 17.6 Å². The average molecular weight is 529 g/mol. The Labute approximate surface area is 205 Å². The van der Waals surface area contributed by atoms with Gasteiger partial charge in [0.05, 0.1) is 12.1 Å². The maximum atomic E-state index is 14.1. The molecular weight excluding hydrogens is 508 g/mol. The highest BCUT2D eigenvalue weighted by Gasteiger charge is 2.31. The summed E-state index contributed by atoms with van der Waals surface area (Å²) in [6.07, 6.45) is -2.95. The molecule has 0 aliphatic heterocycles. The smallest absolute Gasteiger partial charge is 0.323 e. The zero-order valence-electron chi connectivity index (χ0n) is 19.0. The largest absolute Gasteiger partial charge is 0.416 e. The van der Waals surface area contributed by atoms with E-state index < -0.39 is 28.8 Å². The third-order valence-corrected chi connectivity index (χ3v) is 5.71. The monoisotopic (exact) mass is 528 g/mol. The molecule has 0 fully saturated rings. The van der Waals surface area contributed by atoms with Gasteiger partial charge in [-0.2, -0.15) is 23.0 Å². The van der Waals surface area contributed by atoms with Crippen LogP contribution in [0.2, 0.25) is 5.28 Å². The Kier molecular flexibility index (Phi) is 7.24. The fourth-order valence-corrected chi connectivity index (χ4v) is 3.88. The predicted octanol–water partition coefficient (Wildman–Crippen LogP) is 3.17. The van der Waals surface area contributed by atoms with Crippen LogP contribution in [0.3, 0.4) is 0 Å². The number of hydrogen-bond donors (Lipinski definition) is 1. The summed E-state index contributed by atoms with van der Waals surface area (Å²) in [6, 6.07) is 2.25. The first kappa shape index (κ1) is 25.5. The molecule has 15 heteroatoms. The van der Waals surface area contributed by atoms with Crippen LogP contribution in [0.1, 0.15) is 43.1 Å². The normalized spacial score (nSPS) is 12.1. The van der Waals surface area contributed by atoms with Gasteiger partial charge in [0.2, 0.25) is 5.28 Å².